The first-order valence-electron chi connectivity index (χ1n) is 21.1. The summed E-state index contributed by atoms with van der Waals surface area (Å²) < 4.78 is 2.37. The molecule has 1 aliphatic rings. The highest BCUT2D eigenvalue weighted by molar-refractivity contribution is 7.80. The molecular weight excluding hydrogens is 757 g/mol. The largest absolute Gasteiger partial charge is 0.310 e. The van der Waals surface area contributed by atoms with Gasteiger partial charge in [-0.1, -0.05) is 153 Å². The number of benzene rings is 9. The molecule has 1 heterocycles. The van der Waals surface area contributed by atoms with Crippen molar-refractivity contribution >= 4 is 51.5 Å². The average Bonchev–Trinajstić information content (AvgIpc) is 3.75. The van der Waals surface area contributed by atoms with Crippen LogP contribution in [0.5, 0.6) is 0 Å². The van der Waals surface area contributed by atoms with Gasteiger partial charge in [-0.05, 0) is 135 Å². The van der Waals surface area contributed by atoms with E-state index in [2.05, 4.69) is 236 Å². The van der Waals surface area contributed by atoms with Crippen molar-refractivity contribution in [1.82, 2.24) is 4.57 Å². The van der Waals surface area contributed by atoms with Gasteiger partial charge in [0, 0.05) is 43.8 Å². The van der Waals surface area contributed by atoms with Crippen molar-refractivity contribution in [2.45, 2.75) is 31.1 Å². The summed E-state index contributed by atoms with van der Waals surface area (Å²) in [6, 6.07) is 75.2. The summed E-state index contributed by atoms with van der Waals surface area (Å²) in [4.78, 5) is 3.38. The minimum absolute atomic E-state index is 0.116. The van der Waals surface area contributed by atoms with Crippen molar-refractivity contribution in [1.29, 1.82) is 0 Å². The van der Waals surface area contributed by atoms with Gasteiger partial charge >= 0.3 is 0 Å². The van der Waals surface area contributed by atoms with E-state index in [0.29, 0.717) is 0 Å². The number of hydrogen-bond acceptors (Lipinski definition) is 2. The molecule has 2 nitrogen and oxygen atoms in total. The topological polar surface area (TPSA) is 8.17 Å². The van der Waals surface area contributed by atoms with E-state index >= 15 is 0 Å². The van der Waals surface area contributed by atoms with Crippen molar-refractivity contribution in [3.63, 3.8) is 0 Å². The fraction of sp³-hybridized carbons (Fsp3) is 0.0690. The van der Waals surface area contributed by atoms with Crippen LogP contribution in [0.25, 0.3) is 72.0 Å². The molecule has 0 atom stereocenters. The Balaban J connectivity index is 1.00. The van der Waals surface area contributed by atoms with E-state index in [0.717, 1.165) is 38.6 Å². The fourth-order valence-electron chi connectivity index (χ4n) is 9.75. The van der Waals surface area contributed by atoms with Gasteiger partial charge in [0.2, 0.25) is 0 Å². The lowest BCUT2D eigenvalue weighted by molar-refractivity contribution is 0.660. The second-order valence-electron chi connectivity index (χ2n) is 16.8. The lowest BCUT2D eigenvalue weighted by atomic mass is 9.82. The van der Waals surface area contributed by atoms with E-state index in [-0.39, 0.29) is 5.41 Å². The number of anilines is 3. The number of thiol groups is 1. The van der Waals surface area contributed by atoms with Gasteiger partial charge in [-0.3, -0.25) is 0 Å². The summed E-state index contributed by atoms with van der Waals surface area (Å²) in [5, 5.41) is 2.50. The minimum Gasteiger partial charge on any atom is -0.310 e. The van der Waals surface area contributed by atoms with Crippen molar-refractivity contribution < 1.29 is 0 Å². The third-order valence-electron chi connectivity index (χ3n) is 12.9. The molecule has 0 unspecified atom stereocenters. The zero-order valence-corrected chi connectivity index (χ0v) is 35.4. The van der Waals surface area contributed by atoms with Crippen LogP contribution in [-0.2, 0) is 5.41 Å². The van der Waals surface area contributed by atoms with Crippen LogP contribution in [0, 0.1) is 6.92 Å². The molecule has 1 aliphatic carbocycles. The number of fused-ring (bicyclic) bond motifs is 6. The van der Waals surface area contributed by atoms with Gasteiger partial charge in [-0.15, -0.1) is 12.6 Å². The average molecular weight is 801 g/mol. The number of aryl methyl sites for hydroxylation is 1. The summed E-state index contributed by atoms with van der Waals surface area (Å²) in [5.74, 6) is 0. The van der Waals surface area contributed by atoms with Crippen LogP contribution in [-0.4, -0.2) is 4.57 Å². The second kappa shape index (κ2) is 14.6. The van der Waals surface area contributed by atoms with Gasteiger partial charge in [0.25, 0.3) is 0 Å². The molecule has 1 aromatic heterocycles. The van der Waals surface area contributed by atoms with Gasteiger partial charge < -0.3 is 9.47 Å². The van der Waals surface area contributed by atoms with Crippen LogP contribution >= 0.6 is 12.6 Å². The Morgan fingerprint density at radius 1 is 0.410 bits per heavy atom. The molecule has 0 amide bonds. The number of hydrogen-bond donors (Lipinski definition) is 1. The van der Waals surface area contributed by atoms with Crippen LogP contribution in [0.1, 0.15) is 30.5 Å². The molecule has 0 saturated heterocycles. The number of para-hydroxylation sites is 2. The molecule has 11 rings (SSSR count). The summed E-state index contributed by atoms with van der Waals surface area (Å²) in [6.45, 7) is 6.86. The molecular formula is C58H44N2S. The molecule has 0 saturated carbocycles. The first-order valence-corrected chi connectivity index (χ1v) is 21.5. The molecule has 0 spiro atoms. The van der Waals surface area contributed by atoms with E-state index in [1.807, 2.05) is 0 Å². The summed E-state index contributed by atoms with van der Waals surface area (Å²) >= 11 is 5.12. The monoisotopic (exact) mass is 800 g/mol. The fourth-order valence-corrected chi connectivity index (χ4v) is 10.1. The van der Waals surface area contributed by atoms with Crippen molar-refractivity contribution in [2.24, 2.45) is 0 Å². The van der Waals surface area contributed by atoms with E-state index in [1.165, 1.54) is 72.0 Å². The SMILES string of the molecule is Cc1ccccc1-c1cccc(-c2ccc(N(c3ccc(-c4ccc5c(c4)c4ccccc4n5-c4ccccc4)cc3)c3ccc4c(c3)C(C)(C)c3ccccc3-4)cc2)c1S. The van der Waals surface area contributed by atoms with Crippen molar-refractivity contribution in [3.05, 3.63) is 223 Å². The maximum atomic E-state index is 5.12. The minimum atomic E-state index is -0.116. The Morgan fingerprint density at radius 2 is 0.984 bits per heavy atom. The highest BCUT2D eigenvalue weighted by Gasteiger charge is 2.35. The predicted molar refractivity (Wildman–Crippen MR) is 261 cm³/mol. The van der Waals surface area contributed by atoms with Gasteiger partial charge in [0.15, 0.2) is 0 Å². The Labute approximate surface area is 363 Å². The zero-order chi connectivity index (χ0) is 41.2. The molecule has 10 aromatic rings. The molecule has 3 heteroatoms. The van der Waals surface area contributed by atoms with Gasteiger partial charge in [-0.2, -0.15) is 0 Å². The van der Waals surface area contributed by atoms with Crippen molar-refractivity contribution in [3.8, 4) is 50.2 Å². The van der Waals surface area contributed by atoms with Crippen LogP contribution in [0.15, 0.2) is 211 Å². The molecule has 292 valence electrons. The van der Waals surface area contributed by atoms with Crippen LogP contribution in [0.2, 0.25) is 0 Å². The maximum Gasteiger partial charge on any atom is 0.0541 e. The smallest absolute Gasteiger partial charge is 0.0541 e. The van der Waals surface area contributed by atoms with E-state index in [1.54, 1.807) is 0 Å². The number of aromatic nitrogens is 1. The standard InChI is InChI=1S/C58H44N2S/c1-38-14-7-8-17-46(38)51-21-13-20-47(57(51)61)40-26-31-44(32-27-40)59(45-33-34-49-48-18-9-11-22-53(48)58(2,3)54(49)37-45)43-29-24-39(25-30-43)41-28-35-56-52(36-41)50-19-10-12-23-55(50)60(56)42-15-5-4-6-16-42/h4-37,61H,1-3H3. The normalized spacial score (nSPS) is 12.7. The van der Waals surface area contributed by atoms with Crippen LogP contribution < -0.4 is 4.90 Å². The Kier molecular flexibility index (Phi) is 8.84. The van der Waals surface area contributed by atoms with Crippen molar-refractivity contribution in [2.75, 3.05) is 4.90 Å². The Hall–Kier alpha value is -7.07. The quantitative estimate of drug-likeness (QED) is 0.158. The highest BCUT2D eigenvalue weighted by Crippen LogP contribution is 2.51. The molecule has 0 N–H and O–H groups in total. The van der Waals surface area contributed by atoms with Crippen LogP contribution in [0.4, 0.5) is 17.1 Å². The number of nitrogens with zero attached hydrogens (tertiary/aromatic N) is 2. The Bertz CT molecular complexity index is 3280. The lowest BCUT2D eigenvalue weighted by Gasteiger charge is -2.28. The highest BCUT2D eigenvalue weighted by atomic mass is 32.1. The van der Waals surface area contributed by atoms with Gasteiger partial charge in [0.1, 0.15) is 0 Å². The van der Waals surface area contributed by atoms with Crippen LogP contribution in [0.3, 0.4) is 0 Å². The third kappa shape index (κ3) is 6.11. The summed E-state index contributed by atoms with van der Waals surface area (Å²) in [6.07, 6.45) is 0. The molecule has 0 radical (unpaired) electrons. The predicted octanol–water partition coefficient (Wildman–Crippen LogP) is 16.2. The zero-order valence-electron chi connectivity index (χ0n) is 34.5. The first-order chi connectivity index (χ1) is 29.8. The van der Waals surface area contributed by atoms with E-state index in [4.69, 9.17) is 12.6 Å². The number of rotatable bonds is 7. The molecule has 0 aliphatic heterocycles. The molecule has 0 fully saturated rings. The Morgan fingerprint density at radius 3 is 1.75 bits per heavy atom. The van der Waals surface area contributed by atoms with E-state index in [9.17, 15) is 0 Å². The first kappa shape index (κ1) is 37.0. The maximum absolute atomic E-state index is 5.12. The lowest BCUT2D eigenvalue weighted by Crippen LogP contribution is -2.16. The van der Waals surface area contributed by atoms with E-state index < -0.39 is 0 Å². The summed E-state index contributed by atoms with van der Waals surface area (Å²) in [5.41, 5.74) is 20.4. The van der Waals surface area contributed by atoms with Gasteiger partial charge in [0.05, 0.1) is 11.0 Å². The van der Waals surface area contributed by atoms with Gasteiger partial charge in [-0.25, -0.2) is 0 Å². The third-order valence-corrected chi connectivity index (χ3v) is 13.4. The molecule has 9 aromatic carbocycles. The second-order valence-corrected chi connectivity index (χ2v) is 17.2. The summed E-state index contributed by atoms with van der Waals surface area (Å²) in [7, 11) is 0. The molecule has 61 heavy (non-hydrogen) atoms. The molecule has 0 bridgehead atoms.